The van der Waals surface area contributed by atoms with Crippen molar-refractivity contribution in [2.45, 2.75) is 0 Å². The molecule has 0 aromatic heterocycles. The predicted octanol–water partition coefficient (Wildman–Crippen LogP) is 11.5. The molecule has 0 amide bonds. The third-order valence-electron chi connectivity index (χ3n) is 10.9. The van der Waals surface area contributed by atoms with Crippen molar-refractivity contribution in [2.24, 2.45) is 0 Å². The van der Waals surface area contributed by atoms with Crippen LogP contribution < -0.4 is 25.6 Å². The minimum Gasteiger partial charge on any atom is -0.311 e. The molecule has 0 heterocycles. The van der Waals surface area contributed by atoms with Gasteiger partial charge < -0.3 is 4.90 Å². The molecule has 0 N–H and O–H groups in total. The molecule has 0 unspecified atom stereocenters. The first-order valence-electron chi connectivity index (χ1n) is 19.3. The molecule has 56 heavy (non-hydrogen) atoms. The summed E-state index contributed by atoms with van der Waals surface area (Å²) in [4.78, 5) is 2.34. The summed E-state index contributed by atoms with van der Waals surface area (Å²) < 4.78 is 0. The van der Waals surface area contributed by atoms with Crippen LogP contribution in [0.4, 0.5) is 17.1 Å². The van der Waals surface area contributed by atoms with Gasteiger partial charge in [-0.2, -0.15) is 0 Å². The molecular weight excluding hydrogens is 691 g/mol. The molecule has 0 saturated carbocycles. The maximum atomic E-state index is 2.37. The lowest BCUT2D eigenvalue weighted by molar-refractivity contribution is 1.28. The molecule has 0 aliphatic rings. The molecule has 0 aliphatic carbocycles. The fourth-order valence-electron chi connectivity index (χ4n) is 8.09. The first-order valence-corrected chi connectivity index (χ1v) is 21.3. The molecule has 1 nitrogen and oxygen atoms in total. The van der Waals surface area contributed by atoms with E-state index in [1.165, 1.54) is 54.1 Å². The number of rotatable bonds is 10. The Hall–Kier alpha value is -7.00. The van der Waals surface area contributed by atoms with Crippen LogP contribution in [0.2, 0.25) is 0 Å². The Bertz CT molecular complexity index is 2430. The number of nitrogens with zero attached hydrogens (tertiary/aromatic N) is 1. The summed E-state index contributed by atoms with van der Waals surface area (Å²) in [5.74, 6) is 0. The van der Waals surface area contributed by atoms with Gasteiger partial charge in [0, 0.05) is 17.1 Å². The second-order valence-corrected chi connectivity index (χ2v) is 17.9. The highest BCUT2D eigenvalue weighted by Crippen LogP contribution is 2.37. The summed E-state index contributed by atoms with van der Waals surface area (Å²) in [6.45, 7) is 0. The summed E-state index contributed by atoms with van der Waals surface area (Å²) in [6.07, 6.45) is 0. The SMILES string of the molecule is c1ccc(-c2ccc(N(c3ccc(-c4ccccc4)cc3)c3ccc(-c4ccc([Si](c5ccccc5)(c5ccccc5)c5ccccc5)cc4)cc3)cc2)cc1. The number of hydrogen-bond donors (Lipinski definition) is 0. The van der Waals surface area contributed by atoms with Crippen LogP contribution in [0.15, 0.2) is 249 Å². The van der Waals surface area contributed by atoms with E-state index in [1.807, 2.05) is 0 Å². The van der Waals surface area contributed by atoms with Crippen LogP contribution in [0, 0.1) is 0 Å². The molecular formula is C54H41NSi. The van der Waals surface area contributed by atoms with Crippen molar-refractivity contribution in [1.82, 2.24) is 0 Å². The van der Waals surface area contributed by atoms with Crippen LogP contribution in [0.1, 0.15) is 0 Å². The van der Waals surface area contributed by atoms with Crippen molar-refractivity contribution >= 4 is 45.9 Å². The Morgan fingerprint density at radius 3 is 0.696 bits per heavy atom. The van der Waals surface area contributed by atoms with E-state index in [2.05, 4.69) is 254 Å². The molecule has 0 bridgehead atoms. The molecule has 0 spiro atoms. The molecule has 0 radical (unpaired) electrons. The van der Waals surface area contributed by atoms with Crippen molar-refractivity contribution < 1.29 is 0 Å². The lowest BCUT2D eigenvalue weighted by Crippen LogP contribution is -2.74. The van der Waals surface area contributed by atoms with Crippen molar-refractivity contribution in [3.63, 3.8) is 0 Å². The zero-order valence-electron chi connectivity index (χ0n) is 31.1. The van der Waals surface area contributed by atoms with E-state index in [1.54, 1.807) is 0 Å². The van der Waals surface area contributed by atoms with Gasteiger partial charge in [-0.3, -0.25) is 0 Å². The van der Waals surface area contributed by atoms with Crippen LogP contribution in [0.25, 0.3) is 33.4 Å². The third kappa shape index (κ3) is 6.79. The fraction of sp³-hybridized carbons (Fsp3) is 0. The van der Waals surface area contributed by atoms with Gasteiger partial charge in [-0.25, -0.2) is 0 Å². The fourth-order valence-corrected chi connectivity index (χ4v) is 12.8. The highest BCUT2D eigenvalue weighted by Gasteiger charge is 2.41. The summed E-state index contributed by atoms with van der Waals surface area (Å²) in [5.41, 5.74) is 10.5. The summed E-state index contributed by atoms with van der Waals surface area (Å²) >= 11 is 0. The summed E-state index contributed by atoms with van der Waals surface area (Å²) in [7, 11) is -2.58. The number of anilines is 3. The highest BCUT2D eigenvalue weighted by molar-refractivity contribution is 7.19. The largest absolute Gasteiger partial charge is 0.311 e. The van der Waals surface area contributed by atoms with Crippen LogP contribution in [-0.2, 0) is 0 Å². The zero-order valence-corrected chi connectivity index (χ0v) is 32.1. The topological polar surface area (TPSA) is 3.24 Å². The summed E-state index contributed by atoms with van der Waals surface area (Å²) in [6, 6.07) is 90.6. The van der Waals surface area contributed by atoms with Gasteiger partial charge in [-0.1, -0.05) is 212 Å². The van der Waals surface area contributed by atoms with Gasteiger partial charge in [-0.05, 0) is 90.5 Å². The molecule has 9 aromatic rings. The smallest absolute Gasteiger partial charge is 0.179 e. The van der Waals surface area contributed by atoms with Crippen molar-refractivity contribution in [3.05, 3.63) is 249 Å². The van der Waals surface area contributed by atoms with E-state index in [9.17, 15) is 0 Å². The van der Waals surface area contributed by atoms with Gasteiger partial charge in [0.25, 0.3) is 0 Å². The highest BCUT2D eigenvalue weighted by atomic mass is 28.3. The second kappa shape index (κ2) is 15.8. The number of hydrogen-bond acceptors (Lipinski definition) is 1. The number of benzene rings is 9. The van der Waals surface area contributed by atoms with Crippen LogP contribution in [-0.4, -0.2) is 8.07 Å². The average molecular weight is 732 g/mol. The van der Waals surface area contributed by atoms with E-state index in [4.69, 9.17) is 0 Å². The standard InChI is InChI=1S/C54H41NSi/c1-6-16-42(17-7-1)44-26-34-48(35-27-44)55(49-36-28-45(29-37-49)43-18-8-2-9-19-43)50-38-30-46(31-39-50)47-32-40-54(41-33-47)56(51-20-10-3-11-21-51,52-22-12-4-13-23-52)53-24-14-5-15-25-53/h1-41H. The second-order valence-electron chi connectivity index (χ2n) is 14.1. The monoisotopic (exact) mass is 731 g/mol. The van der Waals surface area contributed by atoms with Gasteiger partial charge in [0.1, 0.15) is 0 Å². The van der Waals surface area contributed by atoms with Gasteiger partial charge in [-0.15, -0.1) is 0 Å². The predicted molar refractivity (Wildman–Crippen MR) is 241 cm³/mol. The van der Waals surface area contributed by atoms with Gasteiger partial charge in [0.05, 0.1) is 0 Å². The lowest BCUT2D eigenvalue weighted by atomic mass is 10.0. The molecule has 9 aromatic carbocycles. The molecule has 0 saturated heterocycles. The summed E-state index contributed by atoms with van der Waals surface area (Å²) in [5, 5.41) is 5.50. The van der Waals surface area contributed by atoms with E-state index < -0.39 is 8.07 Å². The Morgan fingerprint density at radius 2 is 0.411 bits per heavy atom. The molecule has 266 valence electrons. The Morgan fingerprint density at radius 1 is 0.196 bits per heavy atom. The van der Waals surface area contributed by atoms with Crippen LogP contribution in [0.5, 0.6) is 0 Å². The minimum absolute atomic E-state index is 1.11. The molecule has 2 heteroatoms. The van der Waals surface area contributed by atoms with Crippen molar-refractivity contribution in [2.75, 3.05) is 4.90 Å². The first kappa shape index (κ1) is 34.7. The van der Waals surface area contributed by atoms with E-state index >= 15 is 0 Å². The van der Waals surface area contributed by atoms with Crippen molar-refractivity contribution in [1.29, 1.82) is 0 Å². The normalized spacial score (nSPS) is 11.2. The maximum Gasteiger partial charge on any atom is 0.179 e. The average Bonchev–Trinajstić information content (AvgIpc) is 3.29. The molecule has 0 fully saturated rings. The van der Waals surface area contributed by atoms with E-state index in [0.717, 1.165) is 17.1 Å². The van der Waals surface area contributed by atoms with E-state index in [-0.39, 0.29) is 0 Å². The van der Waals surface area contributed by atoms with Crippen molar-refractivity contribution in [3.8, 4) is 33.4 Å². The Balaban J connectivity index is 1.08. The Kier molecular flexibility index (Phi) is 9.78. The maximum absolute atomic E-state index is 2.58. The quantitative estimate of drug-likeness (QED) is 0.1000. The van der Waals surface area contributed by atoms with Crippen LogP contribution >= 0.6 is 0 Å². The third-order valence-corrected chi connectivity index (χ3v) is 15.7. The molecule has 9 rings (SSSR count). The Labute approximate surface area is 331 Å². The molecule has 0 aliphatic heterocycles. The van der Waals surface area contributed by atoms with Gasteiger partial charge >= 0.3 is 0 Å². The molecule has 0 atom stereocenters. The first-order chi connectivity index (χ1) is 27.8. The van der Waals surface area contributed by atoms with Gasteiger partial charge in [0.2, 0.25) is 0 Å². The van der Waals surface area contributed by atoms with Crippen LogP contribution in [0.3, 0.4) is 0 Å². The minimum atomic E-state index is -2.58. The van der Waals surface area contributed by atoms with Gasteiger partial charge in [0.15, 0.2) is 8.07 Å². The lowest BCUT2D eigenvalue weighted by Gasteiger charge is -2.34. The zero-order chi connectivity index (χ0) is 37.6. The van der Waals surface area contributed by atoms with E-state index in [0.29, 0.717) is 0 Å².